The van der Waals surface area contributed by atoms with Gasteiger partial charge in [-0.25, -0.2) is 4.98 Å². The smallest absolute Gasteiger partial charge is 0.138 e. The second-order valence-corrected chi connectivity index (χ2v) is 4.39. The van der Waals surface area contributed by atoms with Crippen LogP contribution in [0.15, 0.2) is 22.7 Å². The van der Waals surface area contributed by atoms with Crippen molar-refractivity contribution in [1.29, 1.82) is 0 Å². The number of benzene rings is 1. The van der Waals surface area contributed by atoms with E-state index in [0.717, 1.165) is 34.3 Å². The van der Waals surface area contributed by atoms with Crippen molar-refractivity contribution in [3.63, 3.8) is 0 Å². The molecule has 1 atom stereocenters. The van der Waals surface area contributed by atoms with Crippen molar-refractivity contribution in [2.75, 3.05) is 0 Å². The van der Waals surface area contributed by atoms with E-state index < -0.39 is 6.10 Å². The number of hydrogen-bond acceptors (Lipinski definition) is 2. The molecule has 1 unspecified atom stereocenters. The zero-order chi connectivity index (χ0) is 9.71. The third kappa shape index (κ3) is 0.980. The minimum Gasteiger partial charge on any atom is -0.385 e. The number of aromatic nitrogens is 2. The van der Waals surface area contributed by atoms with Gasteiger partial charge in [0.15, 0.2) is 0 Å². The van der Waals surface area contributed by atoms with Gasteiger partial charge in [0.25, 0.3) is 0 Å². The largest absolute Gasteiger partial charge is 0.385 e. The normalized spacial score (nSPS) is 20.3. The second-order valence-electron chi connectivity index (χ2n) is 3.53. The van der Waals surface area contributed by atoms with Crippen molar-refractivity contribution in [3.8, 4) is 0 Å². The Bertz CT molecular complexity index is 506. The van der Waals surface area contributed by atoms with Crippen LogP contribution in [0.25, 0.3) is 11.0 Å². The Labute approximate surface area is 89.5 Å². The number of fused-ring (bicyclic) bond motifs is 3. The van der Waals surface area contributed by atoms with Crippen LogP contribution in [0.1, 0.15) is 18.3 Å². The summed E-state index contributed by atoms with van der Waals surface area (Å²) in [6, 6.07) is 5.93. The number of imidazole rings is 1. The van der Waals surface area contributed by atoms with Crippen molar-refractivity contribution in [2.45, 2.75) is 19.1 Å². The topological polar surface area (TPSA) is 38.0 Å². The average molecular weight is 253 g/mol. The lowest BCUT2D eigenvalue weighted by molar-refractivity contribution is 0.176. The third-order valence-corrected chi connectivity index (χ3v) is 3.31. The molecule has 14 heavy (non-hydrogen) atoms. The van der Waals surface area contributed by atoms with Crippen molar-refractivity contribution in [1.82, 2.24) is 9.55 Å². The third-order valence-electron chi connectivity index (χ3n) is 2.67. The Morgan fingerprint density at radius 2 is 2.36 bits per heavy atom. The molecule has 4 heteroatoms. The van der Waals surface area contributed by atoms with E-state index >= 15 is 0 Å². The second kappa shape index (κ2) is 2.81. The van der Waals surface area contributed by atoms with Crippen molar-refractivity contribution in [2.24, 2.45) is 0 Å². The van der Waals surface area contributed by atoms with E-state index in [2.05, 4.69) is 25.5 Å². The van der Waals surface area contributed by atoms with E-state index in [4.69, 9.17) is 0 Å². The summed E-state index contributed by atoms with van der Waals surface area (Å²) in [5, 5.41) is 9.67. The number of aryl methyl sites for hydroxylation is 1. The van der Waals surface area contributed by atoms with Crippen LogP contribution >= 0.6 is 15.9 Å². The molecule has 1 aromatic heterocycles. The van der Waals surface area contributed by atoms with Crippen LogP contribution in [0, 0.1) is 0 Å². The van der Waals surface area contributed by atoms with Crippen LogP contribution in [0.3, 0.4) is 0 Å². The summed E-state index contributed by atoms with van der Waals surface area (Å²) in [4.78, 5) is 4.42. The van der Waals surface area contributed by atoms with E-state index in [0.29, 0.717) is 0 Å². The first-order valence-corrected chi connectivity index (χ1v) is 5.39. The quantitative estimate of drug-likeness (QED) is 0.781. The lowest BCUT2D eigenvalue weighted by Gasteiger charge is -1.99. The van der Waals surface area contributed by atoms with Gasteiger partial charge >= 0.3 is 0 Å². The molecule has 1 aromatic carbocycles. The summed E-state index contributed by atoms with van der Waals surface area (Å²) in [6.45, 7) is 0.857. The Morgan fingerprint density at radius 1 is 1.50 bits per heavy atom. The minimum absolute atomic E-state index is 0.394. The maximum absolute atomic E-state index is 9.67. The molecule has 0 bridgehead atoms. The van der Waals surface area contributed by atoms with Gasteiger partial charge in [-0.2, -0.15) is 0 Å². The van der Waals surface area contributed by atoms with Gasteiger partial charge in [-0.1, -0.05) is 6.07 Å². The summed E-state index contributed by atoms with van der Waals surface area (Å²) < 4.78 is 3.13. The van der Waals surface area contributed by atoms with Crippen LogP contribution in [-0.2, 0) is 6.54 Å². The molecule has 0 saturated heterocycles. The molecule has 1 aliphatic rings. The summed E-state index contributed by atoms with van der Waals surface area (Å²) in [6.07, 6.45) is 0.383. The van der Waals surface area contributed by atoms with Gasteiger partial charge in [0, 0.05) is 11.0 Å². The zero-order valence-electron chi connectivity index (χ0n) is 7.44. The lowest BCUT2D eigenvalue weighted by atomic mass is 10.3. The molecule has 3 nitrogen and oxygen atoms in total. The fraction of sp³-hybridized carbons (Fsp3) is 0.300. The molecule has 0 amide bonds. The molecule has 0 radical (unpaired) electrons. The Morgan fingerprint density at radius 3 is 3.21 bits per heavy atom. The van der Waals surface area contributed by atoms with E-state index in [9.17, 15) is 5.11 Å². The molecule has 0 aliphatic carbocycles. The summed E-state index contributed by atoms with van der Waals surface area (Å²) in [7, 11) is 0. The van der Waals surface area contributed by atoms with Gasteiger partial charge in [-0.15, -0.1) is 0 Å². The van der Waals surface area contributed by atoms with E-state index in [1.165, 1.54) is 0 Å². The Kier molecular flexibility index (Phi) is 1.69. The van der Waals surface area contributed by atoms with Gasteiger partial charge < -0.3 is 9.67 Å². The first-order chi connectivity index (χ1) is 6.77. The number of aliphatic hydroxyl groups excluding tert-OH is 1. The zero-order valence-corrected chi connectivity index (χ0v) is 9.03. The number of halogens is 1. The minimum atomic E-state index is -0.394. The van der Waals surface area contributed by atoms with Gasteiger partial charge in [0.1, 0.15) is 11.9 Å². The molecule has 1 aliphatic heterocycles. The molecule has 1 N–H and O–H groups in total. The highest BCUT2D eigenvalue weighted by Crippen LogP contribution is 2.32. The van der Waals surface area contributed by atoms with E-state index in [-0.39, 0.29) is 0 Å². The average Bonchev–Trinajstić information content (AvgIpc) is 2.68. The van der Waals surface area contributed by atoms with Crippen molar-refractivity contribution in [3.05, 3.63) is 28.5 Å². The van der Waals surface area contributed by atoms with Crippen LogP contribution in [-0.4, -0.2) is 14.7 Å². The van der Waals surface area contributed by atoms with E-state index in [1.54, 1.807) is 0 Å². The molecular formula is C10H9BrN2O. The predicted octanol–water partition coefficient (Wildman–Crippen LogP) is 2.24. The summed E-state index contributed by atoms with van der Waals surface area (Å²) >= 11 is 3.51. The number of hydrogen-bond donors (Lipinski definition) is 1. The molecule has 72 valence electrons. The molecule has 0 saturated carbocycles. The highest BCUT2D eigenvalue weighted by atomic mass is 79.9. The first kappa shape index (κ1) is 8.44. The van der Waals surface area contributed by atoms with Gasteiger partial charge in [-0.3, -0.25) is 0 Å². The van der Waals surface area contributed by atoms with Crippen LogP contribution < -0.4 is 0 Å². The van der Waals surface area contributed by atoms with Crippen LogP contribution in [0.5, 0.6) is 0 Å². The van der Waals surface area contributed by atoms with Crippen molar-refractivity contribution < 1.29 is 5.11 Å². The highest BCUT2D eigenvalue weighted by molar-refractivity contribution is 9.10. The Balaban J connectivity index is 2.41. The molecule has 0 fully saturated rings. The van der Waals surface area contributed by atoms with Crippen LogP contribution in [0.2, 0.25) is 0 Å². The number of rotatable bonds is 0. The maximum Gasteiger partial charge on any atom is 0.138 e. The standard InChI is InChI=1S/C10H9BrN2O/c11-6-2-1-3-7-9(6)13-5-4-8(14)10(13)12-7/h1-3,8,14H,4-5H2. The molecule has 2 heterocycles. The summed E-state index contributed by atoms with van der Waals surface area (Å²) in [5.41, 5.74) is 2.05. The summed E-state index contributed by atoms with van der Waals surface area (Å²) in [5.74, 6) is 0.798. The number of para-hydroxylation sites is 1. The Hall–Kier alpha value is -0.870. The monoisotopic (exact) mass is 252 g/mol. The van der Waals surface area contributed by atoms with Gasteiger partial charge in [-0.05, 0) is 34.5 Å². The number of aliphatic hydroxyl groups is 1. The fourth-order valence-electron chi connectivity index (χ4n) is 2.02. The first-order valence-electron chi connectivity index (χ1n) is 4.60. The SMILES string of the molecule is OC1CCn2c1nc1cccc(Br)c12. The molecular weight excluding hydrogens is 244 g/mol. The lowest BCUT2D eigenvalue weighted by Crippen LogP contribution is -1.93. The van der Waals surface area contributed by atoms with Gasteiger partial charge in [0.2, 0.25) is 0 Å². The molecule has 3 rings (SSSR count). The van der Waals surface area contributed by atoms with E-state index in [1.807, 2.05) is 18.2 Å². The van der Waals surface area contributed by atoms with Crippen molar-refractivity contribution >= 4 is 27.0 Å². The predicted molar refractivity (Wildman–Crippen MR) is 57.0 cm³/mol. The molecule has 2 aromatic rings. The van der Waals surface area contributed by atoms with Gasteiger partial charge in [0.05, 0.1) is 11.0 Å². The molecule has 0 spiro atoms. The number of nitrogens with zero attached hydrogens (tertiary/aromatic N) is 2. The maximum atomic E-state index is 9.67. The van der Waals surface area contributed by atoms with Crippen LogP contribution in [0.4, 0.5) is 0 Å². The highest BCUT2D eigenvalue weighted by Gasteiger charge is 2.25. The fourth-order valence-corrected chi connectivity index (χ4v) is 2.59.